The molecule has 1 aliphatic rings. The van der Waals surface area contributed by atoms with Crippen LogP contribution in [0.2, 0.25) is 0 Å². The summed E-state index contributed by atoms with van der Waals surface area (Å²) in [6, 6.07) is 5.49. The van der Waals surface area contributed by atoms with Gasteiger partial charge < -0.3 is 15.4 Å². The Morgan fingerprint density at radius 1 is 1.09 bits per heavy atom. The molecule has 0 unspecified atom stereocenters. The van der Waals surface area contributed by atoms with Crippen molar-refractivity contribution in [3.05, 3.63) is 34.9 Å². The topological polar surface area (TPSA) is 84.5 Å². The zero-order valence-corrected chi connectivity index (χ0v) is 12.6. The lowest BCUT2D eigenvalue weighted by Gasteiger charge is -2.07. The highest BCUT2D eigenvalue weighted by molar-refractivity contribution is 5.92. The van der Waals surface area contributed by atoms with Crippen molar-refractivity contribution in [2.24, 2.45) is 0 Å². The molecule has 2 rings (SSSR count). The van der Waals surface area contributed by atoms with Crippen molar-refractivity contribution in [1.29, 1.82) is 0 Å². The molecule has 0 saturated heterocycles. The molecule has 0 fully saturated rings. The maximum absolute atomic E-state index is 11.9. The van der Waals surface area contributed by atoms with Crippen LogP contribution in [-0.2, 0) is 27.2 Å². The molecule has 1 aliphatic carbocycles. The van der Waals surface area contributed by atoms with Crippen LogP contribution in [0.15, 0.2) is 18.2 Å². The van der Waals surface area contributed by atoms with Gasteiger partial charge in [0.15, 0.2) is 6.61 Å². The SMILES string of the molecule is CCNC(=O)CNC(=O)COC(=O)c1ccc2c(c1)CCC2. The molecule has 118 valence electrons. The summed E-state index contributed by atoms with van der Waals surface area (Å²) < 4.78 is 4.96. The average molecular weight is 304 g/mol. The fourth-order valence-electron chi connectivity index (χ4n) is 2.40. The number of carbonyl (C=O) groups excluding carboxylic acids is 3. The van der Waals surface area contributed by atoms with Crippen LogP contribution < -0.4 is 10.6 Å². The highest BCUT2D eigenvalue weighted by atomic mass is 16.5. The number of esters is 1. The lowest BCUT2D eigenvalue weighted by Crippen LogP contribution is -2.38. The zero-order chi connectivity index (χ0) is 15.9. The summed E-state index contributed by atoms with van der Waals surface area (Å²) in [5.41, 5.74) is 2.91. The molecule has 0 heterocycles. The second kappa shape index (κ2) is 7.59. The Balaban J connectivity index is 1.77. The van der Waals surface area contributed by atoms with Gasteiger partial charge in [-0.2, -0.15) is 0 Å². The van der Waals surface area contributed by atoms with Crippen molar-refractivity contribution < 1.29 is 19.1 Å². The van der Waals surface area contributed by atoms with Gasteiger partial charge in [-0.05, 0) is 49.4 Å². The van der Waals surface area contributed by atoms with E-state index in [0.717, 1.165) is 19.3 Å². The van der Waals surface area contributed by atoms with Gasteiger partial charge in [-0.3, -0.25) is 9.59 Å². The number of hydrogen-bond donors (Lipinski definition) is 2. The molecule has 2 amide bonds. The van der Waals surface area contributed by atoms with E-state index >= 15 is 0 Å². The first-order valence-electron chi connectivity index (χ1n) is 7.42. The Morgan fingerprint density at radius 2 is 1.86 bits per heavy atom. The molecule has 6 heteroatoms. The third kappa shape index (κ3) is 4.31. The molecule has 0 saturated carbocycles. The molecule has 6 nitrogen and oxygen atoms in total. The summed E-state index contributed by atoms with van der Waals surface area (Å²) in [5.74, 6) is -1.30. The van der Waals surface area contributed by atoms with Gasteiger partial charge in [-0.15, -0.1) is 0 Å². The second-order valence-electron chi connectivity index (χ2n) is 5.14. The molecule has 0 spiro atoms. The van der Waals surface area contributed by atoms with Crippen LogP contribution in [0.3, 0.4) is 0 Å². The Hall–Kier alpha value is -2.37. The minimum Gasteiger partial charge on any atom is -0.452 e. The number of rotatable bonds is 6. The molecule has 0 radical (unpaired) electrons. The summed E-state index contributed by atoms with van der Waals surface area (Å²) in [6.07, 6.45) is 3.13. The van der Waals surface area contributed by atoms with E-state index in [4.69, 9.17) is 4.74 Å². The van der Waals surface area contributed by atoms with E-state index in [0.29, 0.717) is 12.1 Å². The smallest absolute Gasteiger partial charge is 0.338 e. The second-order valence-corrected chi connectivity index (χ2v) is 5.14. The standard InChI is InChI=1S/C16H20N2O4/c1-2-17-14(19)9-18-15(20)10-22-16(21)13-7-6-11-4-3-5-12(11)8-13/h6-8H,2-5,9-10H2,1H3,(H,17,19)(H,18,20). The molecule has 0 bridgehead atoms. The van der Waals surface area contributed by atoms with Gasteiger partial charge in [0.25, 0.3) is 5.91 Å². The highest BCUT2D eigenvalue weighted by Crippen LogP contribution is 2.23. The van der Waals surface area contributed by atoms with Crippen LogP contribution in [-0.4, -0.2) is 37.5 Å². The number of likely N-dealkylation sites (N-methyl/N-ethyl adjacent to an activating group) is 1. The van der Waals surface area contributed by atoms with Gasteiger partial charge in [0.05, 0.1) is 12.1 Å². The van der Waals surface area contributed by atoms with Crippen LogP contribution in [0.5, 0.6) is 0 Å². The predicted molar refractivity (Wildman–Crippen MR) is 80.4 cm³/mol. The summed E-state index contributed by atoms with van der Waals surface area (Å²) in [4.78, 5) is 34.6. The molecule has 22 heavy (non-hydrogen) atoms. The number of nitrogens with one attached hydrogen (secondary N) is 2. The first-order chi connectivity index (χ1) is 10.6. The molecule has 2 N–H and O–H groups in total. The van der Waals surface area contributed by atoms with Gasteiger partial charge >= 0.3 is 5.97 Å². The number of hydrogen-bond acceptors (Lipinski definition) is 4. The first kappa shape index (κ1) is 16.0. The van der Waals surface area contributed by atoms with Crippen LogP contribution in [0.1, 0.15) is 34.8 Å². The van der Waals surface area contributed by atoms with Crippen LogP contribution in [0.25, 0.3) is 0 Å². The monoisotopic (exact) mass is 304 g/mol. The average Bonchev–Trinajstić information content (AvgIpc) is 2.98. The predicted octanol–water partition coefficient (Wildman–Crippen LogP) is 0.584. The third-order valence-corrected chi connectivity index (χ3v) is 3.49. The number of carbonyl (C=O) groups is 3. The van der Waals surface area contributed by atoms with Crippen molar-refractivity contribution in [2.45, 2.75) is 26.2 Å². The van der Waals surface area contributed by atoms with Crippen molar-refractivity contribution in [2.75, 3.05) is 19.7 Å². The summed E-state index contributed by atoms with van der Waals surface area (Å²) in [5, 5.41) is 4.94. The van der Waals surface area contributed by atoms with Gasteiger partial charge in [0.1, 0.15) is 0 Å². The van der Waals surface area contributed by atoms with Crippen molar-refractivity contribution in [1.82, 2.24) is 10.6 Å². The number of aryl methyl sites for hydroxylation is 2. The Labute approximate surface area is 129 Å². The number of ether oxygens (including phenoxy) is 1. The summed E-state index contributed by atoms with van der Waals surface area (Å²) in [6.45, 7) is 1.78. The minimum absolute atomic E-state index is 0.122. The van der Waals surface area contributed by atoms with E-state index < -0.39 is 18.5 Å². The Kier molecular flexibility index (Phi) is 5.52. The largest absolute Gasteiger partial charge is 0.452 e. The van der Waals surface area contributed by atoms with E-state index in [1.165, 1.54) is 11.1 Å². The summed E-state index contributed by atoms with van der Waals surface area (Å²) in [7, 11) is 0. The first-order valence-corrected chi connectivity index (χ1v) is 7.42. The van der Waals surface area contributed by atoms with Crippen molar-refractivity contribution >= 4 is 17.8 Å². The van der Waals surface area contributed by atoms with E-state index in [-0.39, 0.29) is 12.5 Å². The van der Waals surface area contributed by atoms with E-state index in [2.05, 4.69) is 10.6 Å². The maximum atomic E-state index is 11.9. The number of benzene rings is 1. The maximum Gasteiger partial charge on any atom is 0.338 e. The molecule has 1 aromatic rings. The van der Waals surface area contributed by atoms with Crippen LogP contribution >= 0.6 is 0 Å². The van der Waals surface area contributed by atoms with Gasteiger partial charge in [0.2, 0.25) is 5.91 Å². The quantitative estimate of drug-likeness (QED) is 0.753. The van der Waals surface area contributed by atoms with E-state index in [1.807, 2.05) is 12.1 Å². The fraction of sp³-hybridized carbons (Fsp3) is 0.438. The van der Waals surface area contributed by atoms with Crippen LogP contribution in [0, 0.1) is 0 Å². The zero-order valence-electron chi connectivity index (χ0n) is 12.6. The summed E-state index contributed by atoms with van der Waals surface area (Å²) >= 11 is 0. The van der Waals surface area contributed by atoms with Gasteiger partial charge in [-0.1, -0.05) is 6.07 Å². The molecular formula is C16H20N2O4. The van der Waals surface area contributed by atoms with Crippen molar-refractivity contribution in [3.8, 4) is 0 Å². The highest BCUT2D eigenvalue weighted by Gasteiger charge is 2.15. The fourth-order valence-corrected chi connectivity index (χ4v) is 2.40. The normalized spacial score (nSPS) is 12.4. The van der Waals surface area contributed by atoms with Gasteiger partial charge in [0, 0.05) is 6.54 Å². The lowest BCUT2D eigenvalue weighted by atomic mass is 10.1. The molecule has 0 atom stereocenters. The van der Waals surface area contributed by atoms with Crippen LogP contribution in [0.4, 0.5) is 0 Å². The molecule has 0 aromatic heterocycles. The lowest BCUT2D eigenvalue weighted by molar-refractivity contribution is -0.127. The molecular weight excluding hydrogens is 284 g/mol. The minimum atomic E-state index is -0.525. The third-order valence-electron chi connectivity index (χ3n) is 3.49. The molecule has 0 aliphatic heterocycles. The van der Waals surface area contributed by atoms with Gasteiger partial charge in [-0.25, -0.2) is 4.79 Å². The van der Waals surface area contributed by atoms with E-state index in [9.17, 15) is 14.4 Å². The Bertz CT molecular complexity index is 584. The number of amides is 2. The van der Waals surface area contributed by atoms with Crippen molar-refractivity contribution in [3.63, 3.8) is 0 Å². The number of fused-ring (bicyclic) bond motifs is 1. The van der Waals surface area contributed by atoms with E-state index in [1.54, 1.807) is 13.0 Å². The molecule has 1 aromatic carbocycles. The Morgan fingerprint density at radius 3 is 2.64 bits per heavy atom.